The van der Waals surface area contributed by atoms with Crippen LogP contribution in [0.1, 0.15) is 43.0 Å². The van der Waals surface area contributed by atoms with Crippen molar-refractivity contribution in [1.82, 2.24) is 19.8 Å². The van der Waals surface area contributed by atoms with E-state index in [0.717, 1.165) is 37.8 Å². The van der Waals surface area contributed by atoms with Crippen LogP contribution in [0.4, 0.5) is 32.0 Å². The lowest BCUT2D eigenvalue weighted by Crippen LogP contribution is -2.63. The van der Waals surface area contributed by atoms with E-state index in [4.69, 9.17) is 0 Å². The third-order valence-electron chi connectivity index (χ3n) is 7.57. The maximum atomic E-state index is 13.3. The minimum atomic E-state index is -4.82. The number of aromatic nitrogens is 2. The van der Waals surface area contributed by atoms with Crippen LogP contribution < -0.4 is 16.2 Å². The summed E-state index contributed by atoms with van der Waals surface area (Å²) < 4.78 is 81.4. The van der Waals surface area contributed by atoms with Crippen LogP contribution in [0.3, 0.4) is 0 Å². The van der Waals surface area contributed by atoms with Crippen molar-refractivity contribution in [2.24, 2.45) is 0 Å². The molecule has 0 atom stereocenters. The molecule has 1 aromatic carbocycles. The molecule has 3 heterocycles. The van der Waals surface area contributed by atoms with Crippen molar-refractivity contribution in [3.8, 4) is 0 Å². The van der Waals surface area contributed by atoms with E-state index in [1.165, 1.54) is 0 Å². The fourth-order valence-corrected chi connectivity index (χ4v) is 5.49. The lowest BCUT2D eigenvalue weighted by atomic mass is 9.88. The third-order valence-corrected chi connectivity index (χ3v) is 7.57. The van der Waals surface area contributed by atoms with Crippen molar-refractivity contribution in [2.75, 3.05) is 25.0 Å². The van der Waals surface area contributed by atoms with Gasteiger partial charge in [0.25, 0.3) is 5.56 Å². The minimum absolute atomic E-state index is 0.0125. The molecule has 3 aromatic rings. The number of hydrogen-bond donors (Lipinski definition) is 2. The molecule has 40 heavy (non-hydrogen) atoms. The van der Waals surface area contributed by atoms with Crippen LogP contribution in [-0.2, 0) is 17.1 Å². The summed E-state index contributed by atoms with van der Waals surface area (Å²) in [7, 11) is 0. The predicted molar refractivity (Wildman–Crippen MR) is 136 cm³/mol. The highest BCUT2D eigenvalue weighted by atomic mass is 19.4. The number of nitrogens with one attached hydrogen (secondary N) is 2. The van der Waals surface area contributed by atoms with Gasteiger partial charge >= 0.3 is 12.4 Å². The number of pyridine rings is 2. The van der Waals surface area contributed by atoms with Crippen molar-refractivity contribution in [2.45, 2.75) is 56.2 Å². The Kier molecular flexibility index (Phi) is 7.51. The maximum absolute atomic E-state index is 13.3. The van der Waals surface area contributed by atoms with Crippen molar-refractivity contribution >= 4 is 22.5 Å². The fourth-order valence-electron chi connectivity index (χ4n) is 5.49. The van der Waals surface area contributed by atoms with Gasteiger partial charge in [0.2, 0.25) is 5.91 Å². The summed E-state index contributed by atoms with van der Waals surface area (Å²) in [6, 6.07) is 8.37. The quantitative estimate of drug-likeness (QED) is 0.418. The lowest BCUT2D eigenvalue weighted by Gasteiger charge is -2.46. The molecule has 0 bridgehead atoms. The van der Waals surface area contributed by atoms with Crippen LogP contribution in [0.15, 0.2) is 53.5 Å². The van der Waals surface area contributed by atoms with Crippen LogP contribution in [-0.4, -0.2) is 52.1 Å². The molecular weight excluding hydrogens is 540 g/mol. The molecule has 0 spiro atoms. The Bertz CT molecular complexity index is 1440. The Hall–Kier alpha value is -3.61. The molecule has 1 amide bonds. The summed E-state index contributed by atoms with van der Waals surface area (Å²) in [5.41, 5.74) is -2.85. The topological polar surface area (TPSA) is 79.3 Å². The molecule has 13 heteroatoms. The zero-order valence-corrected chi connectivity index (χ0v) is 21.2. The zero-order valence-electron chi connectivity index (χ0n) is 21.2. The highest BCUT2D eigenvalue weighted by Gasteiger charge is 2.37. The number of benzene rings is 1. The number of amides is 1. The normalized spacial score (nSPS) is 20.8. The molecular formula is C27H27F6N5O2. The SMILES string of the molecule is O=C(CNc1cc(C(F)(F)F)nc2ccc(C(F)(F)F)cc12)NC1CN([C@H]2CC[C@@H](n3ccccc3=O)CC2)C1. The maximum Gasteiger partial charge on any atom is 0.433 e. The summed E-state index contributed by atoms with van der Waals surface area (Å²) in [5, 5.41) is 5.22. The molecule has 0 unspecified atom stereocenters. The molecule has 1 aliphatic heterocycles. The fraction of sp³-hybridized carbons (Fsp3) is 0.444. The van der Waals surface area contributed by atoms with Crippen LogP contribution in [0.5, 0.6) is 0 Å². The molecule has 0 radical (unpaired) electrons. The van der Waals surface area contributed by atoms with Crippen molar-refractivity contribution in [3.63, 3.8) is 0 Å². The molecule has 1 saturated carbocycles. The molecule has 1 aliphatic carbocycles. The number of hydrogen-bond acceptors (Lipinski definition) is 5. The average molecular weight is 568 g/mol. The molecule has 1 saturated heterocycles. The molecule has 214 valence electrons. The van der Waals surface area contributed by atoms with Gasteiger partial charge in [0, 0.05) is 48.5 Å². The number of carbonyl (C=O) groups excluding carboxylic acids is 1. The number of anilines is 1. The van der Waals surface area contributed by atoms with Gasteiger partial charge < -0.3 is 15.2 Å². The molecule has 2 N–H and O–H groups in total. The van der Waals surface area contributed by atoms with Gasteiger partial charge in [-0.3, -0.25) is 14.5 Å². The summed E-state index contributed by atoms with van der Waals surface area (Å²) >= 11 is 0. The second-order valence-corrected chi connectivity index (χ2v) is 10.3. The second kappa shape index (κ2) is 10.8. The van der Waals surface area contributed by atoms with Gasteiger partial charge in [-0.05, 0) is 56.0 Å². The lowest BCUT2D eigenvalue weighted by molar-refractivity contribution is -0.141. The van der Waals surface area contributed by atoms with E-state index in [9.17, 15) is 35.9 Å². The van der Waals surface area contributed by atoms with Gasteiger partial charge in [0.1, 0.15) is 5.69 Å². The van der Waals surface area contributed by atoms with Gasteiger partial charge in [-0.15, -0.1) is 0 Å². The third kappa shape index (κ3) is 6.08. The molecule has 2 fully saturated rings. The number of nitrogens with zero attached hydrogens (tertiary/aromatic N) is 3. The highest BCUT2D eigenvalue weighted by Crippen LogP contribution is 2.37. The number of likely N-dealkylation sites (tertiary alicyclic amines) is 1. The largest absolute Gasteiger partial charge is 0.433 e. The Labute approximate surface area is 225 Å². The van der Waals surface area contributed by atoms with E-state index in [1.807, 2.05) is 12.3 Å². The van der Waals surface area contributed by atoms with E-state index in [1.54, 1.807) is 16.7 Å². The number of rotatable bonds is 6. The molecule has 7 nitrogen and oxygen atoms in total. The monoisotopic (exact) mass is 567 g/mol. The highest BCUT2D eigenvalue weighted by molar-refractivity contribution is 5.94. The zero-order chi connectivity index (χ0) is 28.7. The Morgan fingerprint density at radius 2 is 1.62 bits per heavy atom. The van der Waals surface area contributed by atoms with Gasteiger partial charge in [0.15, 0.2) is 0 Å². The van der Waals surface area contributed by atoms with Crippen molar-refractivity contribution < 1.29 is 31.1 Å². The van der Waals surface area contributed by atoms with Crippen molar-refractivity contribution in [1.29, 1.82) is 0 Å². The van der Waals surface area contributed by atoms with Crippen LogP contribution >= 0.6 is 0 Å². The van der Waals surface area contributed by atoms with E-state index in [0.29, 0.717) is 31.3 Å². The first kappa shape index (κ1) is 27.9. The van der Waals surface area contributed by atoms with Crippen LogP contribution in [0.25, 0.3) is 10.9 Å². The van der Waals surface area contributed by atoms with E-state index >= 15 is 0 Å². The minimum Gasteiger partial charge on any atom is -0.376 e. The van der Waals surface area contributed by atoms with Gasteiger partial charge in [-0.1, -0.05) is 6.07 Å². The van der Waals surface area contributed by atoms with Gasteiger partial charge in [-0.2, -0.15) is 26.3 Å². The Morgan fingerprint density at radius 1 is 0.925 bits per heavy atom. The summed E-state index contributed by atoms with van der Waals surface area (Å²) in [6.45, 7) is 0.829. The Morgan fingerprint density at radius 3 is 2.27 bits per heavy atom. The number of alkyl halides is 6. The van der Waals surface area contributed by atoms with E-state index < -0.39 is 36.1 Å². The second-order valence-electron chi connectivity index (χ2n) is 10.3. The first-order chi connectivity index (χ1) is 18.9. The summed E-state index contributed by atoms with van der Waals surface area (Å²) in [6.07, 6.45) is -4.11. The first-order valence-electron chi connectivity index (χ1n) is 12.9. The molecule has 2 aliphatic rings. The van der Waals surface area contributed by atoms with E-state index in [-0.39, 0.29) is 34.2 Å². The number of fused-ring (bicyclic) bond motifs is 1. The number of halogens is 6. The summed E-state index contributed by atoms with van der Waals surface area (Å²) in [4.78, 5) is 30.3. The number of carbonyl (C=O) groups is 1. The van der Waals surface area contributed by atoms with Crippen LogP contribution in [0.2, 0.25) is 0 Å². The average Bonchev–Trinajstić information content (AvgIpc) is 2.88. The first-order valence-corrected chi connectivity index (χ1v) is 12.9. The predicted octanol–water partition coefficient (Wildman–Crippen LogP) is 4.83. The standard InChI is InChI=1S/C27H27F6N5O2/c28-26(29,30)16-4-9-21-20(11-16)22(12-23(36-21)27(31,32)33)34-13-24(39)35-17-14-37(15-17)18-5-7-19(8-6-18)38-10-2-1-3-25(38)40/h1-4,9-12,17-19H,5-8,13-15H2,(H,34,36)(H,35,39)/t18-,19+. The van der Waals surface area contributed by atoms with Gasteiger partial charge in [0.05, 0.1) is 23.7 Å². The van der Waals surface area contributed by atoms with Crippen molar-refractivity contribution in [3.05, 3.63) is 70.3 Å². The van der Waals surface area contributed by atoms with E-state index in [2.05, 4.69) is 20.5 Å². The summed E-state index contributed by atoms with van der Waals surface area (Å²) in [5.74, 6) is -0.484. The smallest absolute Gasteiger partial charge is 0.376 e. The van der Waals surface area contributed by atoms with Crippen LogP contribution in [0, 0.1) is 0 Å². The Balaban J connectivity index is 1.16. The molecule has 2 aromatic heterocycles. The molecule has 5 rings (SSSR count). The van der Waals surface area contributed by atoms with Gasteiger partial charge in [-0.25, -0.2) is 4.98 Å².